The van der Waals surface area contributed by atoms with Crippen LogP contribution in [0, 0.1) is 5.92 Å². The lowest BCUT2D eigenvalue weighted by molar-refractivity contribution is -0.240. The van der Waals surface area contributed by atoms with Crippen molar-refractivity contribution in [2.24, 2.45) is 5.92 Å². The smallest absolute Gasteiger partial charge is 0.160 e. The van der Waals surface area contributed by atoms with E-state index in [9.17, 15) is 0 Å². The first-order chi connectivity index (χ1) is 8.70. The minimum atomic E-state index is -0.100. The van der Waals surface area contributed by atoms with Gasteiger partial charge in [-0.3, -0.25) is 0 Å². The quantitative estimate of drug-likeness (QED) is 0.822. The molecule has 0 spiro atoms. The van der Waals surface area contributed by atoms with Gasteiger partial charge in [-0.25, -0.2) is 0 Å². The fourth-order valence-electron chi connectivity index (χ4n) is 2.37. The van der Waals surface area contributed by atoms with Gasteiger partial charge in [-0.2, -0.15) is 0 Å². The molecular formula is C15H22O3. The Morgan fingerprint density at radius 3 is 2.61 bits per heavy atom. The lowest BCUT2D eigenvalue weighted by Crippen LogP contribution is -2.43. The zero-order valence-corrected chi connectivity index (χ0v) is 11.3. The largest absolute Gasteiger partial charge is 0.371 e. The number of hydrogen-bond acceptors (Lipinski definition) is 3. The molecule has 2 rings (SSSR count). The molecule has 100 valence electrons. The van der Waals surface area contributed by atoms with Gasteiger partial charge in [-0.15, -0.1) is 0 Å². The summed E-state index contributed by atoms with van der Waals surface area (Å²) >= 11 is 0. The second kappa shape index (κ2) is 6.32. The van der Waals surface area contributed by atoms with Crippen LogP contribution in [0.25, 0.3) is 0 Å². The van der Waals surface area contributed by atoms with Crippen LogP contribution in [0.2, 0.25) is 0 Å². The third-order valence-corrected chi connectivity index (χ3v) is 3.48. The van der Waals surface area contributed by atoms with Crippen molar-refractivity contribution in [1.82, 2.24) is 0 Å². The van der Waals surface area contributed by atoms with Gasteiger partial charge in [0.2, 0.25) is 0 Å². The molecule has 0 aromatic heterocycles. The summed E-state index contributed by atoms with van der Waals surface area (Å²) in [7, 11) is 1.69. The fourth-order valence-corrected chi connectivity index (χ4v) is 2.37. The van der Waals surface area contributed by atoms with Crippen molar-refractivity contribution in [3.8, 4) is 0 Å². The molecule has 1 aliphatic heterocycles. The van der Waals surface area contributed by atoms with Gasteiger partial charge in [0.1, 0.15) is 0 Å². The van der Waals surface area contributed by atoms with Gasteiger partial charge in [-0.05, 0) is 18.9 Å². The average Bonchev–Trinajstić information content (AvgIpc) is 2.40. The SMILES string of the molecule is CO[C@H]1OC(C)[C@@H](OCc2ccccc2)C[C@H]1C. The summed E-state index contributed by atoms with van der Waals surface area (Å²) in [5.41, 5.74) is 1.20. The third-order valence-electron chi connectivity index (χ3n) is 3.48. The molecule has 1 aliphatic rings. The predicted molar refractivity (Wildman–Crippen MR) is 70.1 cm³/mol. The lowest BCUT2D eigenvalue weighted by atomic mass is 9.96. The second-order valence-electron chi connectivity index (χ2n) is 4.99. The van der Waals surface area contributed by atoms with Gasteiger partial charge >= 0.3 is 0 Å². The van der Waals surface area contributed by atoms with Crippen LogP contribution in [0.1, 0.15) is 25.8 Å². The van der Waals surface area contributed by atoms with Gasteiger partial charge in [0.05, 0.1) is 18.8 Å². The van der Waals surface area contributed by atoms with Crippen molar-refractivity contribution in [3.05, 3.63) is 35.9 Å². The molecule has 3 heteroatoms. The molecule has 18 heavy (non-hydrogen) atoms. The van der Waals surface area contributed by atoms with Crippen LogP contribution in [-0.2, 0) is 20.8 Å². The molecule has 0 aliphatic carbocycles. The summed E-state index contributed by atoms with van der Waals surface area (Å²) in [5.74, 6) is 0.368. The Kier molecular flexibility index (Phi) is 4.75. The minimum absolute atomic E-state index is 0.0786. The second-order valence-corrected chi connectivity index (χ2v) is 4.99. The summed E-state index contributed by atoms with van der Waals surface area (Å²) in [5, 5.41) is 0. The summed E-state index contributed by atoms with van der Waals surface area (Å²) < 4.78 is 17.1. The zero-order chi connectivity index (χ0) is 13.0. The van der Waals surface area contributed by atoms with Crippen molar-refractivity contribution >= 4 is 0 Å². The van der Waals surface area contributed by atoms with Gasteiger partial charge < -0.3 is 14.2 Å². The Hall–Kier alpha value is -0.900. The maximum Gasteiger partial charge on any atom is 0.160 e. The Bertz CT molecular complexity index is 352. The van der Waals surface area contributed by atoms with E-state index in [1.165, 1.54) is 5.56 Å². The normalized spacial score (nSPS) is 32.4. The van der Waals surface area contributed by atoms with E-state index >= 15 is 0 Å². The van der Waals surface area contributed by atoms with Crippen LogP contribution < -0.4 is 0 Å². The Morgan fingerprint density at radius 2 is 1.94 bits per heavy atom. The number of ether oxygens (including phenoxy) is 3. The van der Waals surface area contributed by atoms with Gasteiger partial charge in [-0.1, -0.05) is 37.3 Å². The summed E-state index contributed by atoms with van der Waals surface area (Å²) in [6.45, 7) is 4.83. The first-order valence-corrected chi connectivity index (χ1v) is 6.54. The monoisotopic (exact) mass is 250 g/mol. The molecule has 1 aromatic rings. The standard InChI is InChI=1S/C15H22O3/c1-11-9-14(12(2)18-15(11)16-3)17-10-13-7-5-4-6-8-13/h4-8,11-12,14-15H,9-10H2,1-3H3/t11-,12?,14+,15+/m1/s1. The summed E-state index contributed by atoms with van der Waals surface area (Å²) in [4.78, 5) is 0. The average molecular weight is 250 g/mol. The van der Waals surface area contributed by atoms with E-state index in [1.807, 2.05) is 25.1 Å². The van der Waals surface area contributed by atoms with Crippen molar-refractivity contribution in [2.75, 3.05) is 7.11 Å². The maximum absolute atomic E-state index is 5.96. The molecule has 4 atom stereocenters. The molecule has 1 saturated heterocycles. The van der Waals surface area contributed by atoms with Crippen LogP contribution >= 0.6 is 0 Å². The molecule has 1 unspecified atom stereocenters. The molecule has 1 fully saturated rings. The van der Waals surface area contributed by atoms with Crippen molar-refractivity contribution in [2.45, 2.75) is 45.4 Å². The van der Waals surface area contributed by atoms with Crippen LogP contribution in [0.15, 0.2) is 30.3 Å². The zero-order valence-electron chi connectivity index (χ0n) is 11.3. The molecule has 0 amide bonds. The third kappa shape index (κ3) is 3.31. The molecule has 0 N–H and O–H groups in total. The molecular weight excluding hydrogens is 228 g/mol. The van der Waals surface area contributed by atoms with E-state index in [2.05, 4.69) is 19.1 Å². The van der Waals surface area contributed by atoms with Gasteiger partial charge in [0.25, 0.3) is 0 Å². The molecule has 1 heterocycles. The molecule has 0 bridgehead atoms. The van der Waals surface area contributed by atoms with E-state index in [1.54, 1.807) is 7.11 Å². The van der Waals surface area contributed by atoms with Crippen LogP contribution in [0.5, 0.6) is 0 Å². The number of rotatable bonds is 4. The minimum Gasteiger partial charge on any atom is -0.371 e. The Morgan fingerprint density at radius 1 is 1.22 bits per heavy atom. The van der Waals surface area contributed by atoms with E-state index in [-0.39, 0.29) is 18.5 Å². The van der Waals surface area contributed by atoms with Crippen molar-refractivity contribution < 1.29 is 14.2 Å². The molecule has 0 saturated carbocycles. The lowest BCUT2D eigenvalue weighted by Gasteiger charge is -2.37. The number of benzene rings is 1. The van der Waals surface area contributed by atoms with Crippen LogP contribution in [-0.4, -0.2) is 25.6 Å². The Balaban J connectivity index is 1.86. The Labute approximate surface area is 109 Å². The van der Waals surface area contributed by atoms with Crippen LogP contribution in [0.3, 0.4) is 0 Å². The molecule has 0 radical (unpaired) electrons. The highest BCUT2D eigenvalue weighted by Gasteiger charge is 2.34. The van der Waals surface area contributed by atoms with Crippen molar-refractivity contribution in [1.29, 1.82) is 0 Å². The van der Waals surface area contributed by atoms with Gasteiger partial charge in [0, 0.05) is 13.0 Å². The molecule has 1 aromatic carbocycles. The molecule has 3 nitrogen and oxygen atoms in total. The summed E-state index contributed by atoms with van der Waals surface area (Å²) in [6, 6.07) is 10.2. The van der Waals surface area contributed by atoms with Crippen LogP contribution in [0.4, 0.5) is 0 Å². The highest BCUT2D eigenvalue weighted by atomic mass is 16.7. The van der Waals surface area contributed by atoms with E-state index < -0.39 is 0 Å². The van der Waals surface area contributed by atoms with E-state index in [0.29, 0.717) is 12.5 Å². The van der Waals surface area contributed by atoms with Crippen molar-refractivity contribution in [3.63, 3.8) is 0 Å². The predicted octanol–water partition coefficient (Wildman–Crippen LogP) is 2.99. The number of hydrogen-bond donors (Lipinski definition) is 0. The topological polar surface area (TPSA) is 27.7 Å². The fraction of sp³-hybridized carbons (Fsp3) is 0.600. The highest BCUT2D eigenvalue weighted by Crippen LogP contribution is 2.28. The van der Waals surface area contributed by atoms with E-state index in [0.717, 1.165) is 6.42 Å². The highest BCUT2D eigenvalue weighted by molar-refractivity contribution is 5.13. The maximum atomic E-state index is 5.96. The number of methoxy groups -OCH3 is 1. The van der Waals surface area contributed by atoms with E-state index in [4.69, 9.17) is 14.2 Å². The first-order valence-electron chi connectivity index (χ1n) is 6.54. The summed E-state index contributed by atoms with van der Waals surface area (Å²) in [6.07, 6.45) is 1.10. The van der Waals surface area contributed by atoms with Gasteiger partial charge in [0.15, 0.2) is 6.29 Å². The first kappa shape index (κ1) is 13.5.